The van der Waals surface area contributed by atoms with E-state index >= 15 is 0 Å². The summed E-state index contributed by atoms with van der Waals surface area (Å²) < 4.78 is 5.93. The summed E-state index contributed by atoms with van der Waals surface area (Å²) in [5, 5.41) is 9.86. The molecule has 1 aliphatic heterocycles. The molecule has 0 aliphatic carbocycles. The van der Waals surface area contributed by atoms with E-state index in [9.17, 15) is 5.11 Å². The molecule has 0 saturated heterocycles. The zero-order valence-electron chi connectivity index (χ0n) is 11.4. The van der Waals surface area contributed by atoms with Crippen molar-refractivity contribution in [2.75, 3.05) is 0 Å². The Labute approximate surface area is 109 Å². The van der Waals surface area contributed by atoms with Gasteiger partial charge in [0, 0.05) is 6.42 Å². The van der Waals surface area contributed by atoms with Crippen molar-refractivity contribution in [3.8, 4) is 0 Å². The minimum absolute atomic E-state index is 0.0792. The zero-order chi connectivity index (χ0) is 13.1. The topological polar surface area (TPSA) is 29.5 Å². The summed E-state index contributed by atoms with van der Waals surface area (Å²) in [6.07, 6.45) is 5.04. The highest BCUT2D eigenvalue weighted by Crippen LogP contribution is 2.36. The van der Waals surface area contributed by atoms with Gasteiger partial charge >= 0.3 is 0 Å². The quantitative estimate of drug-likeness (QED) is 0.855. The highest BCUT2D eigenvalue weighted by molar-refractivity contribution is 5.62. The number of unbranched alkanes of at least 4 members (excludes halogenated alkanes) is 1. The fraction of sp³-hybridized carbons (Fsp3) is 0.500. The first-order valence-corrected chi connectivity index (χ1v) is 6.81. The molecule has 0 amide bonds. The molecule has 0 bridgehead atoms. The van der Waals surface area contributed by atoms with E-state index in [2.05, 4.69) is 26.0 Å². The molecule has 2 heteroatoms. The summed E-state index contributed by atoms with van der Waals surface area (Å²) in [6, 6.07) is 6.07. The molecule has 1 heterocycles. The van der Waals surface area contributed by atoms with E-state index in [0.29, 0.717) is 0 Å². The number of hydrogen-bond acceptors (Lipinski definition) is 2. The van der Waals surface area contributed by atoms with Gasteiger partial charge in [-0.3, -0.25) is 0 Å². The zero-order valence-corrected chi connectivity index (χ0v) is 11.4. The van der Waals surface area contributed by atoms with Crippen LogP contribution in [-0.2, 0) is 4.74 Å². The van der Waals surface area contributed by atoms with E-state index < -0.39 is 6.10 Å². The molecular formula is C16H22O2. The predicted molar refractivity (Wildman–Crippen MR) is 74.1 cm³/mol. The van der Waals surface area contributed by atoms with Gasteiger partial charge in [0.05, 0.1) is 11.9 Å². The Balaban J connectivity index is 2.39. The van der Waals surface area contributed by atoms with Crippen molar-refractivity contribution in [1.82, 2.24) is 0 Å². The number of aliphatic hydroxyl groups is 1. The number of fused-ring (bicyclic) bond motifs is 1. The highest BCUT2D eigenvalue weighted by Gasteiger charge is 2.21. The molecule has 0 saturated carbocycles. The number of allylic oxidation sites excluding steroid dienone is 1. The van der Waals surface area contributed by atoms with E-state index in [1.165, 1.54) is 12.0 Å². The number of aliphatic hydroxyl groups excluding tert-OH is 1. The third-order valence-electron chi connectivity index (χ3n) is 3.47. The molecule has 1 aromatic rings. The highest BCUT2D eigenvalue weighted by atomic mass is 16.5. The summed E-state index contributed by atoms with van der Waals surface area (Å²) >= 11 is 0. The van der Waals surface area contributed by atoms with Crippen LogP contribution >= 0.6 is 0 Å². The maximum absolute atomic E-state index is 9.86. The van der Waals surface area contributed by atoms with Crippen molar-refractivity contribution >= 4 is 6.08 Å². The SMILES string of the molecule is CCCCC1=Cc2c([C@H](C)O)cccc2[C@@H](C)O1. The molecule has 98 valence electrons. The van der Waals surface area contributed by atoms with Crippen LogP contribution in [0.2, 0.25) is 0 Å². The Morgan fingerprint density at radius 3 is 2.83 bits per heavy atom. The molecule has 0 aromatic heterocycles. The Morgan fingerprint density at radius 1 is 1.39 bits per heavy atom. The molecular weight excluding hydrogens is 224 g/mol. The van der Waals surface area contributed by atoms with Crippen molar-refractivity contribution in [1.29, 1.82) is 0 Å². The van der Waals surface area contributed by atoms with Gasteiger partial charge < -0.3 is 9.84 Å². The second-order valence-corrected chi connectivity index (χ2v) is 5.00. The van der Waals surface area contributed by atoms with Crippen LogP contribution in [0.15, 0.2) is 24.0 Å². The van der Waals surface area contributed by atoms with Gasteiger partial charge in [-0.15, -0.1) is 0 Å². The van der Waals surface area contributed by atoms with Crippen LogP contribution < -0.4 is 0 Å². The first-order valence-electron chi connectivity index (χ1n) is 6.81. The minimum atomic E-state index is -0.436. The lowest BCUT2D eigenvalue weighted by atomic mass is 9.92. The van der Waals surface area contributed by atoms with Gasteiger partial charge in [0.25, 0.3) is 0 Å². The molecule has 0 spiro atoms. The molecule has 0 fully saturated rings. The van der Waals surface area contributed by atoms with Gasteiger partial charge in [-0.25, -0.2) is 0 Å². The molecule has 1 aliphatic rings. The van der Waals surface area contributed by atoms with Crippen molar-refractivity contribution < 1.29 is 9.84 Å². The Bertz CT molecular complexity index is 446. The van der Waals surface area contributed by atoms with Gasteiger partial charge in [-0.05, 0) is 43.0 Å². The molecule has 2 atom stereocenters. The third kappa shape index (κ3) is 2.59. The normalized spacial score (nSPS) is 19.8. The average molecular weight is 246 g/mol. The molecule has 18 heavy (non-hydrogen) atoms. The van der Waals surface area contributed by atoms with Crippen molar-refractivity contribution in [2.45, 2.75) is 52.2 Å². The van der Waals surface area contributed by atoms with Crippen molar-refractivity contribution in [3.63, 3.8) is 0 Å². The van der Waals surface area contributed by atoms with Gasteiger partial charge in [0.2, 0.25) is 0 Å². The van der Waals surface area contributed by atoms with Crippen LogP contribution in [0.3, 0.4) is 0 Å². The second-order valence-electron chi connectivity index (χ2n) is 5.00. The third-order valence-corrected chi connectivity index (χ3v) is 3.47. The lowest BCUT2D eigenvalue weighted by Crippen LogP contribution is -2.10. The van der Waals surface area contributed by atoms with E-state index in [0.717, 1.165) is 29.7 Å². The van der Waals surface area contributed by atoms with Crippen LogP contribution in [-0.4, -0.2) is 5.11 Å². The van der Waals surface area contributed by atoms with Crippen LogP contribution in [0.1, 0.15) is 68.9 Å². The van der Waals surface area contributed by atoms with E-state index in [1.54, 1.807) is 0 Å². The molecule has 0 unspecified atom stereocenters. The number of hydrogen-bond donors (Lipinski definition) is 1. The summed E-state index contributed by atoms with van der Waals surface area (Å²) in [5.74, 6) is 1.05. The Morgan fingerprint density at radius 2 is 2.17 bits per heavy atom. The molecule has 2 nitrogen and oxygen atoms in total. The molecule has 0 radical (unpaired) electrons. The average Bonchev–Trinajstić information content (AvgIpc) is 2.35. The standard InChI is InChI=1S/C16H22O2/c1-4-5-7-13-10-16-14(11(2)17)8-6-9-15(16)12(3)18-13/h6,8-12,17H,4-5,7H2,1-3H3/t11-,12+/m0/s1. The lowest BCUT2D eigenvalue weighted by Gasteiger charge is -2.26. The number of benzene rings is 1. The molecule has 1 aromatic carbocycles. The van der Waals surface area contributed by atoms with Crippen molar-refractivity contribution in [3.05, 3.63) is 40.6 Å². The second kappa shape index (κ2) is 5.57. The largest absolute Gasteiger partial charge is 0.490 e. The van der Waals surface area contributed by atoms with E-state index in [-0.39, 0.29) is 6.10 Å². The molecule has 1 N–H and O–H groups in total. The summed E-state index contributed by atoms with van der Waals surface area (Å²) in [7, 11) is 0. The summed E-state index contributed by atoms with van der Waals surface area (Å²) in [5.41, 5.74) is 3.32. The maximum Gasteiger partial charge on any atom is 0.121 e. The van der Waals surface area contributed by atoms with Gasteiger partial charge in [0.15, 0.2) is 0 Å². The van der Waals surface area contributed by atoms with Crippen LogP contribution in [0.4, 0.5) is 0 Å². The van der Waals surface area contributed by atoms with Crippen LogP contribution in [0, 0.1) is 0 Å². The van der Waals surface area contributed by atoms with Crippen molar-refractivity contribution in [2.24, 2.45) is 0 Å². The van der Waals surface area contributed by atoms with E-state index in [4.69, 9.17) is 4.74 Å². The summed E-state index contributed by atoms with van der Waals surface area (Å²) in [6.45, 7) is 6.07. The monoisotopic (exact) mass is 246 g/mol. The van der Waals surface area contributed by atoms with Crippen LogP contribution in [0.5, 0.6) is 0 Å². The fourth-order valence-electron chi connectivity index (χ4n) is 2.45. The summed E-state index contributed by atoms with van der Waals surface area (Å²) in [4.78, 5) is 0. The minimum Gasteiger partial charge on any atom is -0.490 e. The first kappa shape index (κ1) is 13.2. The van der Waals surface area contributed by atoms with Crippen LogP contribution in [0.25, 0.3) is 6.08 Å². The predicted octanol–water partition coefficient (Wildman–Crippen LogP) is 4.36. The lowest BCUT2D eigenvalue weighted by molar-refractivity contribution is 0.122. The maximum atomic E-state index is 9.86. The smallest absolute Gasteiger partial charge is 0.121 e. The molecule has 2 rings (SSSR count). The Kier molecular flexibility index (Phi) is 4.07. The van der Waals surface area contributed by atoms with Gasteiger partial charge in [0.1, 0.15) is 6.10 Å². The van der Waals surface area contributed by atoms with Gasteiger partial charge in [-0.2, -0.15) is 0 Å². The van der Waals surface area contributed by atoms with E-state index in [1.807, 2.05) is 19.1 Å². The number of ether oxygens (including phenoxy) is 1. The van der Waals surface area contributed by atoms with Gasteiger partial charge in [-0.1, -0.05) is 31.5 Å². The first-order chi connectivity index (χ1) is 8.63. The number of rotatable bonds is 4. The Hall–Kier alpha value is -1.28. The fourth-order valence-corrected chi connectivity index (χ4v) is 2.45.